The van der Waals surface area contributed by atoms with Gasteiger partial charge in [-0.15, -0.1) is 0 Å². The molecule has 5 heteroatoms. The Bertz CT molecular complexity index is 583. The van der Waals surface area contributed by atoms with E-state index in [2.05, 4.69) is 4.98 Å². The van der Waals surface area contributed by atoms with Gasteiger partial charge in [0.05, 0.1) is 17.9 Å². The van der Waals surface area contributed by atoms with E-state index < -0.39 is 5.97 Å². The summed E-state index contributed by atoms with van der Waals surface area (Å²) in [6.45, 7) is 8.04. The Morgan fingerprint density at radius 2 is 2.21 bits per heavy atom. The lowest BCUT2D eigenvalue weighted by Crippen LogP contribution is -2.07. The van der Waals surface area contributed by atoms with E-state index in [9.17, 15) is 4.79 Å². The zero-order chi connectivity index (χ0) is 14.0. The first-order chi connectivity index (χ1) is 9.04. The van der Waals surface area contributed by atoms with Crippen LogP contribution in [0.2, 0.25) is 0 Å². The molecule has 102 valence electrons. The van der Waals surface area contributed by atoms with Gasteiger partial charge in [-0.1, -0.05) is 13.8 Å². The molecule has 0 amide bonds. The van der Waals surface area contributed by atoms with Crippen LogP contribution in [0.15, 0.2) is 15.2 Å². The third-order valence-electron chi connectivity index (χ3n) is 2.75. The van der Waals surface area contributed by atoms with Crippen LogP contribution in [-0.2, 0) is 4.74 Å². The fourth-order valence-electron chi connectivity index (χ4n) is 1.76. The summed E-state index contributed by atoms with van der Waals surface area (Å²) in [6, 6.07) is 0. The molecule has 0 unspecified atom stereocenters. The van der Waals surface area contributed by atoms with Crippen molar-refractivity contribution in [1.82, 2.24) is 4.98 Å². The van der Waals surface area contributed by atoms with Crippen LogP contribution in [0.1, 0.15) is 48.5 Å². The molecule has 0 fully saturated rings. The molecule has 0 aliphatic rings. The number of carbonyl (C=O) groups excluding carboxylic acids is 1. The minimum atomic E-state index is -0.446. The highest BCUT2D eigenvalue weighted by molar-refractivity contribution is 7.08. The van der Waals surface area contributed by atoms with Crippen molar-refractivity contribution in [2.75, 3.05) is 6.61 Å². The maximum absolute atomic E-state index is 11.9. The zero-order valence-electron chi connectivity index (χ0n) is 11.5. The van der Waals surface area contributed by atoms with Crippen LogP contribution in [0.25, 0.3) is 11.5 Å². The van der Waals surface area contributed by atoms with Gasteiger partial charge in [0.15, 0.2) is 0 Å². The number of carbonyl (C=O) groups is 1. The van der Waals surface area contributed by atoms with Crippen LogP contribution in [0.5, 0.6) is 0 Å². The van der Waals surface area contributed by atoms with Crippen molar-refractivity contribution in [3.8, 4) is 11.5 Å². The fourth-order valence-corrected chi connectivity index (χ4v) is 2.58. The monoisotopic (exact) mass is 279 g/mol. The summed E-state index contributed by atoms with van der Waals surface area (Å²) < 4.78 is 10.6. The zero-order valence-corrected chi connectivity index (χ0v) is 12.3. The Morgan fingerprint density at radius 1 is 1.47 bits per heavy atom. The van der Waals surface area contributed by atoms with Crippen molar-refractivity contribution in [2.24, 2.45) is 0 Å². The molecule has 0 spiro atoms. The lowest BCUT2D eigenvalue weighted by Gasteiger charge is -2.02. The first-order valence-electron chi connectivity index (χ1n) is 6.25. The first kappa shape index (κ1) is 13.8. The molecule has 0 N–H and O–H groups in total. The molecule has 0 bridgehead atoms. The van der Waals surface area contributed by atoms with E-state index in [1.165, 1.54) is 0 Å². The number of rotatable bonds is 4. The molecule has 0 saturated heterocycles. The van der Waals surface area contributed by atoms with Gasteiger partial charge >= 0.3 is 5.97 Å². The Hall–Kier alpha value is -1.62. The van der Waals surface area contributed by atoms with Crippen molar-refractivity contribution in [2.45, 2.75) is 33.6 Å². The van der Waals surface area contributed by atoms with Gasteiger partial charge < -0.3 is 9.15 Å². The SMILES string of the molecule is CCOC(=O)c1oc(-c2cscc2C)nc1C(C)C. The van der Waals surface area contributed by atoms with E-state index >= 15 is 0 Å². The fraction of sp³-hybridized carbons (Fsp3) is 0.429. The number of aryl methyl sites for hydroxylation is 1. The molecule has 2 aromatic heterocycles. The number of oxazole rings is 1. The second kappa shape index (κ2) is 5.57. The van der Waals surface area contributed by atoms with Crippen molar-refractivity contribution in [3.63, 3.8) is 0 Å². The number of hydrogen-bond acceptors (Lipinski definition) is 5. The molecule has 0 aromatic carbocycles. The maximum Gasteiger partial charge on any atom is 0.376 e. The van der Waals surface area contributed by atoms with Crippen LogP contribution in [0.4, 0.5) is 0 Å². The van der Waals surface area contributed by atoms with E-state index in [0.29, 0.717) is 18.2 Å². The van der Waals surface area contributed by atoms with Crippen LogP contribution in [-0.4, -0.2) is 17.6 Å². The Kier molecular flexibility index (Phi) is 4.04. The highest BCUT2D eigenvalue weighted by Gasteiger charge is 2.24. The summed E-state index contributed by atoms with van der Waals surface area (Å²) in [5.41, 5.74) is 2.68. The lowest BCUT2D eigenvalue weighted by atomic mass is 10.1. The molecule has 2 heterocycles. The Labute approximate surface area is 116 Å². The summed E-state index contributed by atoms with van der Waals surface area (Å²) in [6.07, 6.45) is 0. The summed E-state index contributed by atoms with van der Waals surface area (Å²) in [5, 5.41) is 4.00. The van der Waals surface area contributed by atoms with Crippen LogP contribution in [0.3, 0.4) is 0 Å². The third kappa shape index (κ3) is 2.71. The van der Waals surface area contributed by atoms with Gasteiger partial charge in [-0.05, 0) is 30.7 Å². The molecule has 0 aliphatic carbocycles. The van der Waals surface area contributed by atoms with Crippen molar-refractivity contribution in [3.05, 3.63) is 27.8 Å². The van der Waals surface area contributed by atoms with Gasteiger partial charge in [-0.25, -0.2) is 9.78 Å². The van der Waals surface area contributed by atoms with Crippen LogP contribution < -0.4 is 0 Å². The van der Waals surface area contributed by atoms with E-state index in [1.807, 2.05) is 31.5 Å². The highest BCUT2D eigenvalue weighted by atomic mass is 32.1. The summed E-state index contributed by atoms with van der Waals surface area (Å²) in [7, 11) is 0. The first-order valence-corrected chi connectivity index (χ1v) is 7.19. The van der Waals surface area contributed by atoms with E-state index in [4.69, 9.17) is 9.15 Å². The second-order valence-corrected chi connectivity index (χ2v) is 5.32. The number of thiophene rings is 1. The molecule has 0 saturated carbocycles. The highest BCUT2D eigenvalue weighted by Crippen LogP contribution is 2.30. The minimum Gasteiger partial charge on any atom is -0.460 e. The Morgan fingerprint density at radius 3 is 2.74 bits per heavy atom. The summed E-state index contributed by atoms with van der Waals surface area (Å²) >= 11 is 1.59. The number of nitrogens with zero attached hydrogens (tertiary/aromatic N) is 1. The van der Waals surface area contributed by atoms with Gasteiger partial charge in [-0.3, -0.25) is 0 Å². The van der Waals surface area contributed by atoms with Crippen molar-refractivity contribution in [1.29, 1.82) is 0 Å². The standard InChI is InChI=1S/C14H17NO3S/c1-5-17-14(16)12-11(8(2)3)15-13(18-12)10-7-19-6-9(10)4/h6-8H,5H2,1-4H3. The second-order valence-electron chi connectivity index (χ2n) is 4.58. The molecule has 0 atom stereocenters. The van der Waals surface area contributed by atoms with E-state index in [0.717, 1.165) is 11.1 Å². The lowest BCUT2D eigenvalue weighted by molar-refractivity contribution is 0.0488. The van der Waals surface area contributed by atoms with Crippen molar-refractivity contribution < 1.29 is 13.9 Å². The normalized spacial score (nSPS) is 11.0. The van der Waals surface area contributed by atoms with E-state index in [1.54, 1.807) is 18.3 Å². The van der Waals surface area contributed by atoms with Gasteiger partial charge in [0.1, 0.15) is 0 Å². The third-order valence-corrected chi connectivity index (χ3v) is 3.61. The van der Waals surface area contributed by atoms with Crippen LogP contribution in [0, 0.1) is 6.92 Å². The minimum absolute atomic E-state index is 0.107. The smallest absolute Gasteiger partial charge is 0.376 e. The molecule has 0 radical (unpaired) electrons. The molecule has 2 rings (SSSR count). The number of hydrogen-bond donors (Lipinski definition) is 0. The number of ether oxygens (including phenoxy) is 1. The van der Waals surface area contributed by atoms with Crippen molar-refractivity contribution >= 4 is 17.3 Å². The van der Waals surface area contributed by atoms with Crippen LogP contribution >= 0.6 is 11.3 Å². The molecular weight excluding hydrogens is 262 g/mol. The molecule has 4 nitrogen and oxygen atoms in total. The van der Waals surface area contributed by atoms with E-state index in [-0.39, 0.29) is 11.7 Å². The van der Waals surface area contributed by atoms with Gasteiger partial charge in [0, 0.05) is 5.38 Å². The van der Waals surface area contributed by atoms with Gasteiger partial charge in [-0.2, -0.15) is 11.3 Å². The number of aromatic nitrogens is 1. The van der Waals surface area contributed by atoms with Gasteiger partial charge in [0.25, 0.3) is 0 Å². The molecule has 2 aromatic rings. The topological polar surface area (TPSA) is 52.3 Å². The molecule has 19 heavy (non-hydrogen) atoms. The molecular formula is C14H17NO3S. The number of esters is 1. The summed E-state index contributed by atoms with van der Waals surface area (Å²) in [4.78, 5) is 16.3. The molecule has 0 aliphatic heterocycles. The maximum atomic E-state index is 11.9. The Balaban J connectivity index is 2.46. The predicted octanol–water partition coefficient (Wildman–Crippen LogP) is 4.01. The average Bonchev–Trinajstić information content (AvgIpc) is 2.94. The average molecular weight is 279 g/mol. The van der Waals surface area contributed by atoms with Gasteiger partial charge in [0.2, 0.25) is 11.7 Å². The predicted molar refractivity (Wildman–Crippen MR) is 74.6 cm³/mol. The summed E-state index contributed by atoms with van der Waals surface area (Å²) in [5.74, 6) is 0.372. The largest absolute Gasteiger partial charge is 0.460 e. The quantitative estimate of drug-likeness (QED) is 0.793.